The maximum atomic E-state index is 12.4. The number of H-pyrrole nitrogens is 2. The summed E-state index contributed by atoms with van der Waals surface area (Å²) in [6.45, 7) is 6.16. The number of ether oxygens (including phenoxy) is 1. The summed E-state index contributed by atoms with van der Waals surface area (Å²) in [6.07, 6.45) is 1.54. The normalized spacial score (nSPS) is 11.3. The summed E-state index contributed by atoms with van der Waals surface area (Å²) in [5.74, 6) is 0.430. The molecule has 0 aliphatic rings. The zero-order valence-electron chi connectivity index (χ0n) is 15.6. The highest BCUT2D eigenvalue weighted by atomic mass is 32.2. The first-order chi connectivity index (χ1) is 13.3. The molecule has 28 heavy (non-hydrogen) atoms. The minimum Gasteiger partial charge on any atom is -0.488 e. The predicted molar refractivity (Wildman–Crippen MR) is 110 cm³/mol. The van der Waals surface area contributed by atoms with Crippen LogP contribution in [0.25, 0.3) is 10.2 Å². The number of nitrogens with one attached hydrogen (secondary N) is 2. The van der Waals surface area contributed by atoms with E-state index in [2.05, 4.69) is 15.0 Å². The van der Waals surface area contributed by atoms with Crippen LogP contribution in [-0.2, 0) is 5.75 Å². The summed E-state index contributed by atoms with van der Waals surface area (Å²) in [6, 6.07) is 1.47. The SMILES string of the molecule is Cc1c(C(N)=O)sc2nc(SCc3cc(=O)c(OCC(C)C)c[nH]3)[nH]c(=O)c12. The highest BCUT2D eigenvalue weighted by Crippen LogP contribution is 2.28. The first-order valence-corrected chi connectivity index (χ1v) is 10.4. The lowest BCUT2D eigenvalue weighted by atomic mass is 10.2. The quantitative estimate of drug-likeness (QED) is 0.397. The van der Waals surface area contributed by atoms with Gasteiger partial charge in [0.1, 0.15) is 4.83 Å². The molecule has 0 atom stereocenters. The van der Waals surface area contributed by atoms with Gasteiger partial charge in [-0.15, -0.1) is 11.3 Å². The molecule has 1 amide bonds. The van der Waals surface area contributed by atoms with Crippen molar-refractivity contribution in [2.75, 3.05) is 6.61 Å². The molecular weight excluding hydrogens is 400 g/mol. The van der Waals surface area contributed by atoms with Crippen molar-refractivity contribution >= 4 is 39.2 Å². The molecule has 0 saturated heterocycles. The Bertz CT molecular complexity index is 1150. The summed E-state index contributed by atoms with van der Waals surface area (Å²) in [5.41, 5.74) is 6.04. The standard InChI is InChI=1S/C18H20N4O4S2/c1-8(2)6-26-12-5-20-10(4-11(12)23)7-27-18-21-16(25)13-9(3)14(15(19)24)28-17(13)22-18/h4-5,8H,6-7H2,1-3H3,(H2,19,24)(H,20,23)(H,21,22,25). The predicted octanol–water partition coefficient (Wildman–Crippen LogP) is 2.41. The minimum absolute atomic E-state index is 0.202. The number of aromatic nitrogens is 3. The number of nitrogens with zero attached hydrogens (tertiary/aromatic N) is 1. The van der Waals surface area contributed by atoms with Crippen LogP contribution in [0.1, 0.15) is 34.8 Å². The van der Waals surface area contributed by atoms with Gasteiger partial charge in [-0.25, -0.2) is 4.98 Å². The van der Waals surface area contributed by atoms with E-state index in [9.17, 15) is 14.4 Å². The highest BCUT2D eigenvalue weighted by Gasteiger charge is 2.17. The van der Waals surface area contributed by atoms with E-state index in [-0.39, 0.29) is 16.7 Å². The number of hydrogen-bond acceptors (Lipinski definition) is 7. The topological polar surface area (TPSA) is 131 Å². The van der Waals surface area contributed by atoms with Gasteiger partial charge in [0.05, 0.1) is 16.9 Å². The Morgan fingerprint density at radius 3 is 2.79 bits per heavy atom. The van der Waals surface area contributed by atoms with Gasteiger partial charge in [-0.2, -0.15) is 0 Å². The van der Waals surface area contributed by atoms with Crippen LogP contribution < -0.4 is 21.5 Å². The molecule has 0 aliphatic heterocycles. The van der Waals surface area contributed by atoms with E-state index in [4.69, 9.17) is 10.5 Å². The van der Waals surface area contributed by atoms with Crippen LogP contribution in [0, 0.1) is 12.8 Å². The fourth-order valence-electron chi connectivity index (χ4n) is 2.53. The summed E-state index contributed by atoms with van der Waals surface area (Å²) >= 11 is 2.37. The zero-order valence-corrected chi connectivity index (χ0v) is 17.3. The average molecular weight is 421 g/mol. The Morgan fingerprint density at radius 1 is 1.39 bits per heavy atom. The number of rotatable bonds is 7. The van der Waals surface area contributed by atoms with Crippen LogP contribution in [0.2, 0.25) is 0 Å². The van der Waals surface area contributed by atoms with E-state index in [0.29, 0.717) is 49.8 Å². The molecule has 0 fully saturated rings. The van der Waals surface area contributed by atoms with Crippen LogP contribution in [0.15, 0.2) is 27.0 Å². The molecular formula is C18H20N4O4S2. The second-order valence-electron chi connectivity index (χ2n) is 6.65. The summed E-state index contributed by atoms with van der Waals surface area (Å²) in [4.78, 5) is 46.9. The molecule has 3 heterocycles. The molecule has 148 valence electrons. The van der Waals surface area contributed by atoms with Gasteiger partial charge in [0.2, 0.25) is 5.43 Å². The second kappa shape index (κ2) is 8.19. The van der Waals surface area contributed by atoms with Gasteiger partial charge in [0, 0.05) is 23.7 Å². The lowest BCUT2D eigenvalue weighted by Crippen LogP contribution is -2.13. The number of thiophene rings is 1. The lowest BCUT2D eigenvalue weighted by Gasteiger charge is -2.08. The largest absolute Gasteiger partial charge is 0.488 e. The minimum atomic E-state index is -0.577. The summed E-state index contributed by atoms with van der Waals surface area (Å²) < 4.78 is 5.47. The van der Waals surface area contributed by atoms with E-state index >= 15 is 0 Å². The molecule has 0 radical (unpaired) electrons. The number of fused-ring (bicyclic) bond motifs is 1. The van der Waals surface area contributed by atoms with Crippen molar-refractivity contribution in [1.29, 1.82) is 0 Å². The van der Waals surface area contributed by atoms with Gasteiger partial charge >= 0.3 is 0 Å². The third kappa shape index (κ3) is 4.28. The van der Waals surface area contributed by atoms with Crippen LogP contribution in [-0.4, -0.2) is 27.5 Å². The number of nitrogens with two attached hydrogens (primary N) is 1. The van der Waals surface area contributed by atoms with Crippen LogP contribution >= 0.6 is 23.1 Å². The fourth-order valence-corrected chi connectivity index (χ4v) is 4.40. The monoisotopic (exact) mass is 420 g/mol. The van der Waals surface area contributed by atoms with Crippen molar-refractivity contribution < 1.29 is 9.53 Å². The summed E-state index contributed by atoms with van der Waals surface area (Å²) in [7, 11) is 0. The third-order valence-corrected chi connectivity index (χ3v) is 6.00. The van der Waals surface area contributed by atoms with Crippen molar-refractivity contribution in [1.82, 2.24) is 15.0 Å². The van der Waals surface area contributed by atoms with E-state index in [1.165, 1.54) is 17.8 Å². The maximum Gasteiger partial charge on any atom is 0.260 e. The molecule has 3 aromatic rings. The first kappa shape index (κ1) is 20.2. The van der Waals surface area contributed by atoms with E-state index in [1.54, 1.807) is 13.1 Å². The van der Waals surface area contributed by atoms with Crippen LogP contribution in [0.4, 0.5) is 0 Å². The summed E-state index contributed by atoms with van der Waals surface area (Å²) in [5, 5.41) is 0.777. The van der Waals surface area contributed by atoms with Gasteiger partial charge in [0.15, 0.2) is 10.9 Å². The number of hydrogen-bond donors (Lipinski definition) is 3. The Kier molecular flexibility index (Phi) is 5.90. The smallest absolute Gasteiger partial charge is 0.260 e. The number of aromatic amines is 2. The number of amides is 1. The molecule has 10 heteroatoms. The van der Waals surface area contributed by atoms with Crippen LogP contribution in [0.5, 0.6) is 5.75 Å². The molecule has 4 N–H and O–H groups in total. The first-order valence-electron chi connectivity index (χ1n) is 8.56. The Labute approximate surface area is 168 Å². The number of aryl methyl sites for hydroxylation is 1. The molecule has 0 unspecified atom stereocenters. The van der Waals surface area contributed by atoms with Gasteiger partial charge < -0.3 is 20.4 Å². The number of primary amides is 1. The van der Waals surface area contributed by atoms with E-state index in [1.807, 2.05) is 13.8 Å². The Morgan fingerprint density at radius 2 is 2.14 bits per heavy atom. The van der Waals surface area contributed by atoms with E-state index < -0.39 is 5.91 Å². The average Bonchev–Trinajstić information content (AvgIpc) is 2.96. The van der Waals surface area contributed by atoms with Crippen molar-refractivity contribution in [2.45, 2.75) is 31.7 Å². The third-order valence-electron chi connectivity index (χ3n) is 3.88. The molecule has 3 rings (SSSR count). The number of pyridine rings is 1. The molecule has 0 spiro atoms. The van der Waals surface area contributed by atoms with Crippen molar-refractivity contribution in [3.8, 4) is 5.75 Å². The van der Waals surface area contributed by atoms with E-state index in [0.717, 1.165) is 11.3 Å². The molecule has 0 saturated carbocycles. The fraction of sp³-hybridized carbons (Fsp3) is 0.333. The van der Waals surface area contributed by atoms with Crippen LogP contribution in [0.3, 0.4) is 0 Å². The number of thioether (sulfide) groups is 1. The van der Waals surface area contributed by atoms with Crippen molar-refractivity contribution in [3.05, 3.63) is 49.0 Å². The van der Waals surface area contributed by atoms with Crippen molar-refractivity contribution in [2.24, 2.45) is 11.7 Å². The highest BCUT2D eigenvalue weighted by molar-refractivity contribution is 7.98. The number of carbonyl (C=O) groups excluding carboxylic acids is 1. The molecule has 0 aromatic carbocycles. The Hall–Kier alpha value is -2.59. The van der Waals surface area contributed by atoms with Crippen molar-refractivity contribution in [3.63, 3.8) is 0 Å². The van der Waals surface area contributed by atoms with Gasteiger partial charge in [-0.1, -0.05) is 25.6 Å². The molecule has 8 nitrogen and oxygen atoms in total. The Balaban J connectivity index is 1.78. The van der Waals surface area contributed by atoms with Gasteiger partial charge in [0.25, 0.3) is 11.5 Å². The molecule has 3 aromatic heterocycles. The zero-order chi connectivity index (χ0) is 20.4. The molecule has 0 aliphatic carbocycles. The van der Waals surface area contributed by atoms with Gasteiger partial charge in [-0.05, 0) is 18.4 Å². The maximum absolute atomic E-state index is 12.4. The molecule has 0 bridgehead atoms. The lowest BCUT2D eigenvalue weighted by molar-refractivity contribution is 0.100. The number of carbonyl (C=O) groups is 1. The second-order valence-corrected chi connectivity index (χ2v) is 8.62. The van der Waals surface area contributed by atoms with Gasteiger partial charge in [-0.3, -0.25) is 14.4 Å².